The van der Waals surface area contributed by atoms with Gasteiger partial charge in [0.1, 0.15) is 12.1 Å². The van der Waals surface area contributed by atoms with E-state index in [0.717, 1.165) is 17.5 Å². The lowest BCUT2D eigenvalue weighted by atomic mass is 10.0. The Morgan fingerprint density at radius 2 is 1.90 bits per heavy atom. The molecule has 1 aromatic carbocycles. The average molecular weight is 423 g/mol. The van der Waals surface area contributed by atoms with Gasteiger partial charge in [0, 0.05) is 17.3 Å². The van der Waals surface area contributed by atoms with E-state index in [1.807, 2.05) is 31.2 Å². The number of hydrogen-bond acceptors (Lipinski definition) is 6. The molecular formula is C22H22N4O3S. The van der Waals surface area contributed by atoms with Gasteiger partial charge >= 0.3 is 0 Å². The number of benzene rings is 1. The molecule has 0 fully saturated rings. The number of nitrogens with zero attached hydrogens (tertiary/aromatic N) is 3. The predicted octanol–water partition coefficient (Wildman–Crippen LogP) is 3.19. The molecule has 0 aliphatic heterocycles. The highest BCUT2D eigenvalue weighted by molar-refractivity contribution is 7.92. The number of ether oxygens (including phenoxy) is 1. The molecule has 3 aromatic rings. The summed E-state index contributed by atoms with van der Waals surface area (Å²) in [7, 11) is -1.81. The molecule has 0 atom stereocenters. The molecule has 7 nitrogen and oxygen atoms in total. The summed E-state index contributed by atoms with van der Waals surface area (Å²) < 4.78 is 31.1. The molecule has 0 saturated heterocycles. The standard InChI is InChI=1S/C22H22N4O3S/c1-5-19-17(22(25-14-24-19)18-8-6-7-9-21(18)29-3)11-10-16-12-20(15(2)23-13-16)26-30(4,27)28/h6-9,12-14,26H,5H2,1-4H3. The highest BCUT2D eigenvalue weighted by Gasteiger charge is 2.14. The summed E-state index contributed by atoms with van der Waals surface area (Å²) in [5.74, 6) is 6.92. The lowest BCUT2D eigenvalue weighted by molar-refractivity contribution is 0.416. The summed E-state index contributed by atoms with van der Waals surface area (Å²) in [5, 5.41) is 0. The Balaban J connectivity index is 2.11. The zero-order valence-electron chi connectivity index (χ0n) is 17.2. The van der Waals surface area contributed by atoms with Gasteiger partial charge in [0.2, 0.25) is 10.0 Å². The van der Waals surface area contributed by atoms with Crippen LogP contribution < -0.4 is 9.46 Å². The minimum atomic E-state index is -3.42. The first-order valence-corrected chi connectivity index (χ1v) is 11.1. The van der Waals surface area contributed by atoms with E-state index in [4.69, 9.17) is 4.74 Å². The molecule has 0 aliphatic rings. The Hall–Kier alpha value is -3.44. The van der Waals surface area contributed by atoms with Crippen molar-refractivity contribution in [1.29, 1.82) is 0 Å². The molecule has 154 valence electrons. The summed E-state index contributed by atoms with van der Waals surface area (Å²) in [5.41, 5.74) is 4.55. The summed E-state index contributed by atoms with van der Waals surface area (Å²) >= 11 is 0. The Labute approximate surface area is 176 Å². The summed E-state index contributed by atoms with van der Waals surface area (Å²) in [6, 6.07) is 9.26. The van der Waals surface area contributed by atoms with Crippen molar-refractivity contribution in [3.63, 3.8) is 0 Å². The van der Waals surface area contributed by atoms with E-state index < -0.39 is 10.0 Å². The molecule has 0 spiro atoms. The maximum absolute atomic E-state index is 11.6. The third-order valence-electron chi connectivity index (χ3n) is 4.34. The van der Waals surface area contributed by atoms with Crippen molar-refractivity contribution < 1.29 is 13.2 Å². The van der Waals surface area contributed by atoms with Crippen LogP contribution in [0.4, 0.5) is 5.69 Å². The first-order valence-electron chi connectivity index (χ1n) is 9.26. The van der Waals surface area contributed by atoms with Crippen molar-refractivity contribution in [2.45, 2.75) is 20.3 Å². The number of sulfonamides is 1. The number of rotatable bonds is 5. The van der Waals surface area contributed by atoms with Crippen LogP contribution in [0.1, 0.15) is 29.4 Å². The van der Waals surface area contributed by atoms with Crippen LogP contribution in [0.2, 0.25) is 0 Å². The number of aromatic nitrogens is 3. The van der Waals surface area contributed by atoms with Crippen molar-refractivity contribution >= 4 is 15.7 Å². The minimum Gasteiger partial charge on any atom is -0.496 e. The maximum Gasteiger partial charge on any atom is 0.229 e. The fourth-order valence-corrected chi connectivity index (χ4v) is 3.51. The number of anilines is 1. The molecule has 0 amide bonds. The van der Waals surface area contributed by atoms with E-state index in [2.05, 4.69) is 31.5 Å². The minimum absolute atomic E-state index is 0.397. The second-order valence-corrected chi connectivity index (χ2v) is 8.33. The van der Waals surface area contributed by atoms with Crippen molar-refractivity contribution in [2.24, 2.45) is 0 Å². The number of para-hydroxylation sites is 1. The van der Waals surface area contributed by atoms with Crippen LogP contribution in [-0.4, -0.2) is 36.7 Å². The summed E-state index contributed by atoms with van der Waals surface area (Å²) in [6.07, 6.45) is 4.90. The van der Waals surface area contributed by atoms with Gasteiger partial charge in [-0.15, -0.1) is 0 Å². The van der Waals surface area contributed by atoms with Gasteiger partial charge in [-0.3, -0.25) is 9.71 Å². The van der Waals surface area contributed by atoms with Crippen LogP contribution in [0.15, 0.2) is 42.9 Å². The highest BCUT2D eigenvalue weighted by Crippen LogP contribution is 2.31. The number of methoxy groups -OCH3 is 1. The lowest BCUT2D eigenvalue weighted by Crippen LogP contribution is -2.11. The number of hydrogen-bond donors (Lipinski definition) is 1. The van der Waals surface area contributed by atoms with Gasteiger partial charge in [0.25, 0.3) is 0 Å². The van der Waals surface area contributed by atoms with Gasteiger partial charge in [-0.1, -0.05) is 30.9 Å². The Kier molecular flexibility index (Phi) is 6.33. The molecule has 30 heavy (non-hydrogen) atoms. The Bertz CT molecular complexity index is 1240. The summed E-state index contributed by atoms with van der Waals surface area (Å²) in [4.78, 5) is 13.1. The Morgan fingerprint density at radius 3 is 2.60 bits per heavy atom. The largest absolute Gasteiger partial charge is 0.496 e. The van der Waals surface area contributed by atoms with E-state index in [0.29, 0.717) is 40.4 Å². The smallest absolute Gasteiger partial charge is 0.229 e. The van der Waals surface area contributed by atoms with Gasteiger partial charge in [-0.25, -0.2) is 18.4 Å². The van der Waals surface area contributed by atoms with Crippen LogP contribution >= 0.6 is 0 Å². The zero-order valence-corrected chi connectivity index (χ0v) is 18.0. The zero-order chi connectivity index (χ0) is 21.7. The van der Waals surface area contributed by atoms with Crippen molar-refractivity contribution in [3.05, 3.63) is 65.4 Å². The van der Waals surface area contributed by atoms with Crippen LogP contribution in [0.5, 0.6) is 5.75 Å². The molecule has 0 unspecified atom stereocenters. The molecule has 1 N–H and O–H groups in total. The number of pyridine rings is 1. The van der Waals surface area contributed by atoms with Crippen LogP contribution in [0.25, 0.3) is 11.3 Å². The van der Waals surface area contributed by atoms with Crippen LogP contribution in [0, 0.1) is 18.8 Å². The second-order valence-electron chi connectivity index (χ2n) is 6.58. The molecule has 2 heterocycles. The van der Waals surface area contributed by atoms with Crippen molar-refractivity contribution in [2.75, 3.05) is 18.1 Å². The number of nitrogens with one attached hydrogen (secondary N) is 1. The molecule has 0 saturated carbocycles. The first kappa shape index (κ1) is 21.3. The van der Waals surface area contributed by atoms with Crippen molar-refractivity contribution in [3.8, 4) is 28.8 Å². The fraction of sp³-hybridized carbons (Fsp3) is 0.227. The molecule has 3 rings (SSSR count). The van der Waals surface area contributed by atoms with E-state index >= 15 is 0 Å². The monoisotopic (exact) mass is 422 g/mol. The highest BCUT2D eigenvalue weighted by atomic mass is 32.2. The molecule has 0 bridgehead atoms. The van der Waals surface area contributed by atoms with Crippen molar-refractivity contribution in [1.82, 2.24) is 15.0 Å². The van der Waals surface area contributed by atoms with Gasteiger partial charge in [-0.05, 0) is 31.5 Å². The lowest BCUT2D eigenvalue weighted by Gasteiger charge is -2.11. The molecule has 2 aromatic heterocycles. The quantitative estimate of drug-likeness (QED) is 0.635. The predicted molar refractivity (Wildman–Crippen MR) is 117 cm³/mol. The van der Waals surface area contributed by atoms with Crippen LogP contribution in [0.3, 0.4) is 0 Å². The summed E-state index contributed by atoms with van der Waals surface area (Å²) in [6.45, 7) is 3.73. The molecule has 0 radical (unpaired) electrons. The Morgan fingerprint density at radius 1 is 1.13 bits per heavy atom. The SMILES string of the molecule is CCc1ncnc(-c2ccccc2OC)c1C#Cc1cnc(C)c(NS(C)(=O)=O)c1. The molecule has 8 heteroatoms. The van der Waals surface area contributed by atoms with E-state index in [1.54, 1.807) is 26.3 Å². The molecule has 0 aliphatic carbocycles. The first-order chi connectivity index (χ1) is 14.3. The van der Waals surface area contributed by atoms with E-state index in [-0.39, 0.29) is 0 Å². The number of aryl methyl sites for hydroxylation is 2. The van der Waals surface area contributed by atoms with Gasteiger partial charge < -0.3 is 4.74 Å². The van der Waals surface area contributed by atoms with Gasteiger partial charge in [0.05, 0.1) is 41.7 Å². The third-order valence-corrected chi connectivity index (χ3v) is 4.93. The fourth-order valence-electron chi connectivity index (χ4n) is 2.91. The topological polar surface area (TPSA) is 94.1 Å². The van der Waals surface area contributed by atoms with Gasteiger partial charge in [0.15, 0.2) is 0 Å². The average Bonchev–Trinajstić information content (AvgIpc) is 2.73. The molecular weight excluding hydrogens is 400 g/mol. The van der Waals surface area contributed by atoms with E-state index in [1.165, 1.54) is 6.33 Å². The second kappa shape index (κ2) is 8.93. The van der Waals surface area contributed by atoms with E-state index in [9.17, 15) is 8.42 Å². The van der Waals surface area contributed by atoms with Gasteiger partial charge in [-0.2, -0.15) is 0 Å². The normalized spacial score (nSPS) is 10.8. The van der Waals surface area contributed by atoms with Crippen LogP contribution in [-0.2, 0) is 16.4 Å². The maximum atomic E-state index is 11.6. The third kappa shape index (κ3) is 4.93.